The number of hydrogen-bond donors (Lipinski definition) is 2. The molecule has 0 spiro atoms. The number of amides is 3. The number of nitrogens with zero attached hydrogens (tertiary/aromatic N) is 1. The molecule has 1 atom stereocenters. The zero-order valence-corrected chi connectivity index (χ0v) is 10.5. The van der Waals surface area contributed by atoms with Crippen molar-refractivity contribution in [3.8, 4) is 0 Å². The molecule has 2 rings (SSSR count). The molecule has 1 unspecified atom stereocenters. The minimum atomic E-state index is -4.88. The van der Waals surface area contributed by atoms with Crippen LogP contribution in [-0.4, -0.2) is 23.7 Å². The molecule has 1 fully saturated rings. The zero-order chi connectivity index (χ0) is 15.1. The van der Waals surface area contributed by atoms with Crippen LogP contribution < -0.4 is 16.0 Å². The van der Waals surface area contributed by atoms with E-state index in [2.05, 4.69) is 0 Å². The van der Waals surface area contributed by atoms with Gasteiger partial charge in [-0.15, -0.1) is 0 Å². The van der Waals surface area contributed by atoms with Gasteiger partial charge in [0.25, 0.3) is 5.91 Å². The summed E-state index contributed by atoms with van der Waals surface area (Å²) in [5.74, 6) is -1.36. The quantitative estimate of drug-likeness (QED) is 0.810. The van der Waals surface area contributed by atoms with Gasteiger partial charge in [0.15, 0.2) is 0 Å². The SMILES string of the molecule is CC1(C(F)(F)F)NC(=O)N(c2cccc(CN)c2)C1=O. The fourth-order valence-corrected chi connectivity index (χ4v) is 1.89. The summed E-state index contributed by atoms with van der Waals surface area (Å²) in [5.41, 5.74) is 3.17. The monoisotopic (exact) mass is 287 g/mol. The summed E-state index contributed by atoms with van der Waals surface area (Å²) in [4.78, 5) is 24.2. The number of benzene rings is 1. The van der Waals surface area contributed by atoms with E-state index in [9.17, 15) is 22.8 Å². The van der Waals surface area contributed by atoms with Gasteiger partial charge in [-0.2, -0.15) is 13.2 Å². The number of alkyl halides is 3. The lowest BCUT2D eigenvalue weighted by Gasteiger charge is -2.24. The van der Waals surface area contributed by atoms with Crippen molar-refractivity contribution in [1.82, 2.24) is 5.32 Å². The second kappa shape index (κ2) is 4.48. The molecule has 1 aromatic carbocycles. The fraction of sp³-hybridized carbons (Fsp3) is 0.333. The van der Waals surface area contributed by atoms with E-state index in [1.54, 1.807) is 11.4 Å². The Morgan fingerprint density at radius 2 is 2.00 bits per heavy atom. The van der Waals surface area contributed by atoms with E-state index < -0.39 is 23.7 Å². The van der Waals surface area contributed by atoms with Crippen LogP contribution >= 0.6 is 0 Å². The highest BCUT2D eigenvalue weighted by atomic mass is 19.4. The van der Waals surface area contributed by atoms with Gasteiger partial charge >= 0.3 is 12.2 Å². The van der Waals surface area contributed by atoms with Crippen LogP contribution in [-0.2, 0) is 11.3 Å². The molecule has 8 heteroatoms. The van der Waals surface area contributed by atoms with Crippen molar-refractivity contribution >= 4 is 17.6 Å². The number of hydrogen-bond acceptors (Lipinski definition) is 3. The highest BCUT2D eigenvalue weighted by Gasteiger charge is 2.64. The van der Waals surface area contributed by atoms with Gasteiger partial charge in [-0.25, -0.2) is 9.69 Å². The fourth-order valence-electron chi connectivity index (χ4n) is 1.89. The largest absolute Gasteiger partial charge is 0.420 e. The van der Waals surface area contributed by atoms with Crippen molar-refractivity contribution in [3.05, 3.63) is 29.8 Å². The number of urea groups is 1. The van der Waals surface area contributed by atoms with Crippen LogP contribution in [0.1, 0.15) is 12.5 Å². The first-order chi connectivity index (χ1) is 9.20. The van der Waals surface area contributed by atoms with E-state index in [0.29, 0.717) is 17.4 Å². The molecule has 1 aliphatic heterocycles. The molecular weight excluding hydrogens is 275 g/mol. The number of nitrogens with one attached hydrogen (secondary N) is 1. The van der Waals surface area contributed by atoms with E-state index in [4.69, 9.17) is 5.73 Å². The van der Waals surface area contributed by atoms with Gasteiger partial charge in [0.1, 0.15) is 0 Å². The summed E-state index contributed by atoms with van der Waals surface area (Å²) in [6, 6.07) is 4.83. The van der Waals surface area contributed by atoms with E-state index >= 15 is 0 Å². The Bertz CT molecular complexity index is 573. The Labute approximate surface area is 112 Å². The average Bonchev–Trinajstić information content (AvgIpc) is 2.60. The van der Waals surface area contributed by atoms with E-state index in [1.165, 1.54) is 18.2 Å². The summed E-state index contributed by atoms with van der Waals surface area (Å²) >= 11 is 0. The molecule has 20 heavy (non-hydrogen) atoms. The lowest BCUT2D eigenvalue weighted by atomic mass is 10.0. The van der Waals surface area contributed by atoms with Crippen molar-refractivity contribution in [2.75, 3.05) is 4.90 Å². The summed E-state index contributed by atoms with van der Waals surface area (Å²) in [6.45, 7) is 0.786. The third-order valence-corrected chi connectivity index (χ3v) is 3.16. The molecule has 1 saturated heterocycles. The molecular formula is C12H12F3N3O2. The Hall–Kier alpha value is -2.09. The zero-order valence-electron chi connectivity index (χ0n) is 10.5. The van der Waals surface area contributed by atoms with Gasteiger partial charge in [-0.1, -0.05) is 12.1 Å². The molecule has 0 aromatic heterocycles. The maximum Gasteiger partial charge on any atom is 0.420 e. The van der Waals surface area contributed by atoms with Gasteiger partial charge < -0.3 is 11.1 Å². The number of carbonyl (C=O) groups is 2. The first-order valence-corrected chi connectivity index (χ1v) is 5.73. The van der Waals surface area contributed by atoms with E-state index in [1.807, 2.05) is 0 Å². The Morgan fingerprint density at radius 1 is 1.35 bits per heavy atom. The molecule has 3 N–H and O–H groups in total. The van der Waals surface area contributed by atoms with Gasteiger partial charge in [-0.3, -0.25) is 4.79 Å². The normalized spacial score (nSPS) is 23.1. The standard InChI is InChI=1S/C12H12F3N3O2/c1-11(12(13,14)15)9(19)18(10(20)17-11)8-4-2-3-7(5-8)6-16/h2-5H,6,16H2,1H3,(H,17,20). The second-order valence-corrected chi connectivity index (χ2v) is 4.57. The maximum absolute atomic E-state index is 12.9. The molecule has 0 radical (unpaired) electrons. The minimum Gasteiger partial charge on any atom is -0.326 e. The van der Waals surface area contributed by atoms with Crippen LogP contribution in [0.4, 0.5) is 23.7 Å². The van der Waals surface area contributed by atoms with Gasteiger partial charge in [0, 0.05) is 6.54 Å². The second-order valence-electron chi connectivity index (χ2n) is 4.57. The number of halogens is 3. The van der Waals surface area contributed by atoms with Crippen LogP contribution in [0.3, 0.4) is 0 Å². The Balaban J connectivity index is 2.44. The molecule has 1 heterocycles. The van der Waals surface area contributed by atoms with Crippen LogP contribution in [0.2, 0.25) is 0 Å². The summed E-state index contributed by atoms with van der Waals surface area (Å²) in [5, 5.41) is 1.69. The molecule has 0 saturated carbocycles. The highest BCUT2D eigenvalue weighted by molar-refractivity contribution is 6.23. The number of imide groups is 1. The molecule has 1 aromatic rings. The topological polar surface area (TPSA) is 75.4 Å². The Morgan fingerprint density at radius 3 is 2.50 bits per heavy atom. The van der Waals surface area contributed by atoms with Gasteiger partial charge in [-0.05, 0) is 24.6 Å². The van der Waals surface area contributed by atoms with Crippen LogP contribution in [0, 0.1) is 0 Å². The first-order valence-electron chi connectivity index (χ1n) is 5.73. The van der Waals surface area contributed by atoms with E-state index in [0.717, 1.165) is 0 Å². The average molecular weight is 287 g/mol. The van der Waals surface area contributed by atoms with Crippen molar-refractivity contribution in [2.24, 2.45) is 5.73 Å². The number of nitrogens with two attached hydrogens (primary N) is 1. The predicted octanol–water partition coefficient (Wildman–Crippen LogP) is 1.52. The molecule has 0 bridgehead atoms. The summed E-state index contributed by atoms with van der Waals surface area (Å²) in [7, 11) is 0. The molecule has 108 valence electrons. The van der Waals surface area contributed by atoms with Crippen LogP contribution in [0.15, 0.2) is 24.3 Å². The van der Waals surface area contributed by atoms with Crippen LogP contribution in [0.25, 0.3) is 0 Å². The molecule has 0 aliphatic carbocycles. The van der Waals surface area contributed by atoms with Crippen LogP contribution in [0.5, 0.6) is 0 Å². The molecule has 5 nitrogen and oxygen atoms in total. The minimum absolute atomic E-state index is 0.0587. The Kier molecular flexibility index (Phi) is 3.21. The smallest absolute Gasteiger partial charge is 0.326 e. The lowest BCUT2D eigenvalue weighted by molar-refractivity contribution is -0.187. The molecule has 3 amide bonds. The van der Waals surface area contributed by atoms with Gasteiger partial charge in [0.05, 0.1) is 5.69 Å². The number of carbonyl (C=O) groups excluding carboxylic acids is 2. The molecule has 1 aliphatic rings. The van der Waals surface area contributed by atoms with Crippen molar-refractivity contribution < 1.29 is 22.8 Å². The summed E-state index contributed by atoms with van der Waals surface area (Å²) in [6.07, 6.45) is -4.88. The third kappa shape index (κ3) is 2.01. The van der Waals surface area contributed by atoms with Crippen molar-refractivity contribution in [3.63, 3.8) is 0 Å². The van der Waals surface area contributed by atoms with Gasteiger partial charge in [0.2, 0.25) is 5.54 Å². The van der Waals surface area contributed by atoms with Crippen molar-refractivity contribution in [1.29, 1.82) is 0 Å². The number of anilines is 1. The highest BCUT2D eigenvalue weighted by Crippen LogP contribution is 2.37. The first kappa shape index (κ1) is 14.3. The third-order valence-electron chi connectivity index (χ3n) is 3.16. The van der Waals surface area contributed by atoms with E-state index in [-0.39, 0.29) is 12.2 Å². The lowest BCUT2D eigenvalue weighted by Crippen LogP contribution is -2.56. The predicted molar refractivity (Wildman–Crippen MR) is 64.8 cm³/mol. The number of rotatable bonds is 2. The maximum atomic E-state index is 12.9. The summed E-state index contributed by atoms with van der Waals surface area (Å²) < 4.78 is 38.8. The van der Waals surface area contributed by atoms with Crippen molar-refractivity contribution in [2.45, 2.75) is 25.2 Å².